The van der Waals surface area contributed by atoms with Gasteiger partial charge < -0.3 is 11.1 Å². The van der Waals surface area contributed by atoms with Crippen LogP contribution in [-0.2, 0) is 4.79 Å². The van der Waals surface area contributed by atoms with Crippen LogP contribution in [0.2, 0.25) is 0 Å². The van der Waals surface area contributed by atoms with Crippen molar-refractivity contribution in [1.82, 2.24) is 4.98 Å². The molecule has 3 N–H and O–H groups in total. The van der Waals surface area contributed by atoms with E-state index in [-0.39, 0.29) is 5.91 Å². The minimum atomic E-state index is -0.0806. The molecule has 0 unspecified atom stereocenters. The minimum Gasteiger partial charge on any atom is -0.398 e. The van der Waals surface area contributed by atoms with E-state index in [1.165, 1.54) is 11.8 Å². The Bertz CT molecular complexity index is 616. The smallest absolute Gasteiger partial charge is 0.234 e. The molecule has 1 amide bonds. The fraction of sp³-hybridized carbons (Fsp3) is 0.143. The van der Waals surface area contributed by atoms with Gasteiger partial charge in [-0.25, -0.2) is 4.98 Å². The summed E-state index contributed by atoms with van der Waals surface area (Å²) in [6.45, 7) is 1.93. The molecular formula is C14H14BrN3OS. The Kier molecular flexibility index (Phi) is 5.03. The van der Waals surface area contributed by atoms with Crippen molar-refractivity contribution in [2.75, 3.05) is 16.8 Å². The number of amides is 1. The van der Waals surface area contributed by atoms with Crippen LogP contribution in [0, 0.1) is 6.92 Å². The lowest BCUT2D eigenvalue weighted by Gasteiger charge is -2.07. The van der Waals surface area contributed by atoms with Crippen molar-refractivity contribution in [2.45, 2.75) is 11.9 Å². The fourth-order valence-corrected chi connectivity index (χ4v) is 2.38. The number of anilines is 2. The number of nitrogens with zero attached hydrogens (tertiary/aromatic N) is 1. The van der Waals surface area contributed by atoms with Crippen LogP contribution in [0.1, 0.15) is 5.56 Å². The minimum absolute atomic E-state index is 0.0806. The number of aromatic nitrogens is 1. The van der Waals surface area contributed by atoms with Crippen LogP contribution in [0.4, 0.5) is 11.4 Å². The molecule has 0 fully saturated rings. The number of thioether (sulfide) groups is 1. The van der Waals surface area contributed by atoms with Gasteiger partial charge in [0.1, 0.15) is 0 Å². The van der Waals surface area contributed by atoms with Gasteiger partial charge in [-0.2, -0.15) is 0 Å². The maximum absolute atomic E-state index is 11.8. The quantitative estimate of drug-likeness (QED) is 0.653. The van der Waals surface area contributed by atoms with Crippen molar-refractivity contribution >= 4 is 45.0 Å². The molecule has 0 radical (unpaired) electrons. The summed E-state index contributed by atoms with van der Waals surface area (Å²) in [5.74, 6) is 0.227. The first kappa shape index (κ1) is 14.9. The van der Waals surface area contributed by atoms with E-state index < -0.39 is 0 Å². The van der Waals surface area contributed by atoms with Crippen LogP contribution in [0.15, 0.2) is 46.0 Å². The number of nitrogen functional groups attached to an aromatic ring is 1. The van der Waals surface area contributed by atoms with E-state index in [0.717, 1.165) is 15.1 Å². The second-order valence-corrected chi connectivity index (χ2v) is 6.13. The number of halogens is 1. The first-order valence-corrected chi connectivity index (χ1v) is 7.73. The van der Waals surface area contributed by atoms with Crippen molar-refractivity contribution < 1.29 is 4.79 Å². The third kappa shape index (κ3) is 4.25. The van der Waals surface area contributed by atoms with Gasteiger partial charge in [-0.1, -0.05) is 17.8 Å². The van der Waals surface area contributed by atoms with Crippen LogP contribution < -0.4 is 11.1 Å². The molecule has 104 valence electrons. The van der Waals surface area contributed by atoms with Gasteiger partial charge in [-0.15, -0.1) is 0 Å². The standard InChI is InChI=1S/C14H14BrN3OS/c1-9-2-4-11(6-12(9)16)18-13(19)8-20-14-5-3-10(15)7-17-14/h2-7H,8,16H2,1H3,(H,18,19). The molecule has 0 aliphatic heterocycles. The molecule has 20 heavy (non-hydrogen) atoms. The molecule has 0 atom stereocenters. The van der Waals surface area contributed by atoms with Gasteiger partial charge in [0.25, 0.3) is 0 Å². The summed E-state index contributed by atoms with van der Waals surface area (Å²) >= 11 is 4.71. The summed E-state index contributed by atoms with van der Waals surface area (Å²) in [6.07, 6.45) is 1.71. The number of carbonyl (C=O) groups excluding carboxylic acids is 1. The van der Waals surface area contributed by atoms with Gasteiger partial charge in [0, 0.05) is 22.0 Å². The molecule has 0 saturated carbocycles. The maximum atomic E-state index is 11.8. The third-order valence-corrected chi connectivity index (χ3v) is 4.03. The van der Waals surface area contributed by atoms with Gasteiger partial charge in [-0.3, -0.25) is 4.79 Å². The summed E-state index contributed by atoms with van der Waals surface area (Å²) in [5, 5.41) is 3.63. The van der Waals surface area contributed by atoms with Gasteiger partial charge in [0.15, 0.2) is 0 Å². The summed E-state index contributed by atoms with van der Waals surface area (Å²) in [4.78, 5) is 16.0. The second-order valence-electron chi connectivity index (χ2n) is 4.22. The lowest BCUT2D eigenvalue weighted by Crippen LogP contribution is -2.14. The van der Waals surface area contributed by atoms with Crippen molar-refractivity contribution in [2.24, 2.45) is 0 Å². The molecular weight excluding hydrogens is 338 g/mol. The molecule has 6 heteroatoms. The molecule has 0 aliphatic rings. The molecule has 0 spiro atoms. The Labute approximate surface area is 130 Å². The highest BCUT2D eigenvalue weighted by atomic mass is 79.9. The topological polar surface area (TPSA) is 68.0 Å². The van der Waals surface area contributed by atoms with E-state index in [4.69, 9.17) is 5.73 Å². The van der Waals surface area contributed by atoms with Gasteiger partial charge in [0.2, 0.25) is 5.91 Å². The van der Waals surface area contributed by atoms with Crippen molar-refractivity contribution in [3.8, 4) is 0 Å². The van der Waals surface area contributed by atoms with Crippen molar-refractivity contribution in [1.29, 1.82) is 0 Å². The highest BCUT2D eigenvalue weighted by molar-refractivity contribution is 9.10. The average molecular weight is 352 g/mol. The molecule has 0 bridgehead atoms. The summed E-state index contributed by atoms with van der Waals surface area (Å²) in [7, 11) is 0. The number of hydrogen-bond acceptors (Lipinski definition) is 4. The molecule has 1 aromatic heterocycles. The number of nitrogens with one attached hydrogen (secondary N) is 1. The number of benzene rings is 1. The largest absolute Gasteiger partial charge is 0.398 e. The Balaban J connectivity index is 1.89. The lowest BCUT2D eigenvalue weighted by atomic mass is 10.2. The monoisotopic (exact) mass is 351 g/mol. The van der Waals surface area contributed by atoms with E-state index in [2.05, 4.69) is 26.2 Å². The van der Waals surface area contributed by atoms with E-state index in [0.29, 0.717) is 17.1 Å². The predicted molar refractivity (Wildman–Crippen MR) is 86.9 cm³/mol. The SMILES string of the molecule is Cc1ccc(NC(=O)CSc2ccc(Br)cn2)cc1N. The van der Waals surface area contributed by atoms with E-state index in [1.54, 1.807) is 12.3 Å². The average Bonchev–Trinajstić information content (AvgIpc) is 2.42. The molecule has 1 heterocycles. The molecule has 0 saturated heterocycles. The van der Waals surface area contributed by atoms with Crippen LogP contribution >= 0.6 is 27.7 Å². The zero-order valence-corrected chi connectivity index (χ0v) is 13.3. The van der Waals surface area contributed by atoms with Crippen LogP contribution in [-0.4, -0.2) is 16.6 Å². The van der Waals surface area contributed by atoms with Crippen molar-refractivity contribution in [3.05, 3.63) is 46.6 Å². The Morgan fingerprint density at radius 2 is 2.20 bits per heavy atom. The summed E-state index contributed by atoms with van der Waals surface area (Å²) in [6, 6.07) is 9.25. The van der Waals surface area contributed by atoms with Crippen LogP contribution in [0.3, 0.4) is 0 Å². The second kappa shape index (κ2) is 6.76. The van der Waals surface area contributed by atoms with Crippen LogP contribution in [0.5, 0.6) is 0 Å². The normalized spacial score (nSPS) is 10.3. The van der Waals surface area contributed by atoms with E-state index in [9.17, 15) is 4.79 Å². The number of rotatable bonds is 4. The number of carbonyl (C=O) groups is 1. The number of hydrogen-bond donors (Lipinski definition) is 2. The zero-order valence-electron chi connectivity index (χ0n) is 10.9. The van der Waals surface area contributed by atoms with Crippen molar-refractivity contribution in [3.63, 3.8) is 0 Å². The zero-order chi connectivity index (χ0) is 14.5. The van der Waals surface area contributed by atoms with Crippen LogP contribution in [0.25, 0.3) is 0 Å². The van der Waals surface area contributed by atoms with E-state index in [1.807, 2.05) is 31.2 Å². The van der Waals surface area contributed by atoms with E-state index >= 15 is 0 Å². The third-order valence-electron chi connectivity index (χ3n) is 2.61. The number of pyridine rings is 1. The summed E-state index contributed by atoms with van der Waals surface area (Å²) in [5.41, 5.74) is 8.18. The lowest BCUT2D eigenvalue weighted by molar-refractivity contribution is -0.113. The Morgan fingerprint density at radius 3 is 2.85 bits per heavy atom. The first-order chi connectivity index (χ1) is 9.54. The Hall–Kier alpha value is -1.53. The molecule has 4 nitrogen and oxygen atoms in total. The molecule has 0 aliphatic carbocycles. The molecule has 1 aromatic carbocycles. The number of nitrogens with two attached hydrogens (primary N) is 1. The first-order valence-electron chi connectivity index (χ1n) is 5.95. The predicted octanol–water partition coefficient (Wildman–Crippen LogP) is 3.47. The number of aryl methyl sites for hydroxylation is 1. The van der Waals surface area contributed by atoms with Gasteiger partial charge in [-0.05, 0) is 52.7 Å². The highest BCUT2D eigenvalue weighted by Gasteiger charge is 2.05. The maximum Gasteiger partial charge on any atom is 0.234 e. The van der Waals surface area contributed by atoms with Gasteiger partial charge >= 0.3 is 0 Å². The highest BCUT2D eigenvalue weighted by Crippen LogP contribution is 2.19. The molecule has 2 rings (SSSR count). The molecule has 2 aromatic rings. The summed E-state index contributed by atoms with van der Waals surface area (Å²) < 4.78 is 0.918. The Morgan fingerprint density at radius 1 is 1.40 bits per heavy atom. The van der Waals surface area contributed by atoms with Gasteiger partial charge in [0.05, 0.1) is 10.8 Å². The fourth-order valence-electron chi connectivity index (χ4n) is 1.50.